The fourth-order valence-electron chi connectivity index (χ4n) is 3.38. The number of rotatable bonds is 8. The monoisotopic (exact) mass is 324 g/mol. The second kappa shape index (κ2) is 7.77. The van der Waals surface area contributed by atoms with Crippen molar-refractivity contribution in [1.82, 2.24) is 19.8 Å². The van der Waals surface area contributed by atoms with Gasteiger partial charge in [-0.15, -0.1) is 0 Å². The zero-order valence-electron chi connectivity index (χ0n) is 15.0. The minimum absolute atomic E-state index is 0.831. The molecule has 2 aromatic heterocycles. The summed E-state index contributed by atoms with van der Waals surface area (Å²) in [6, 6.07) is 10.8. The molecule has 4 nitrogen and oxygen atoms in total. The first-order chi connectivity index (χ1) is 11.7. The standard InChI is InChI=1S/C20H28N4/c1-4-24(5-2)12-8-11-21-14-16-13-18-17-9-6-7-10-19(17)23(3)20(18)15-22-16/h6-7,9-10,13,15,21H,4-5,8,11-12,14H2,1-3H3. The van der Waals surface area contributed by atoms with E-state index < -0.39 is 0 Å². The smallest absolute Gasteiger partial charge is 0.0675 e. The third-order valence-corrected chi connectivity index (χ3v) is 4.88. The van der Waals surface area contributed by atoms with E-state index in [1.165, 1.54) is 28.2 Å². The van der Waals surface area contributed by atoms with Crippen LogP contribution in [0.15, 0.2) is 36.5 Å². The van der Waals surface area contributed by atoms with Crippen molar-refractivity contribution >= 4 is 21.8 Å². The molecule has 0 saturated carbocycles. The molecule has 0 atom stereocenters. The lowest BCUT2D eigenvalue weighted by Gasteiger charge is -2.17. The lowest BCUT2D eigenvalue weighted by Crippen LogP contribution is -2.27. The molecule has 0 aliphatic rings. The topological polar surface area (TPSA) is 33.1 Å². The van der Waals surface area contributed by atoms with Gasteiger partial charge in [0.15, 0.2) is 0 Å². The van der Waals surface area contributed by atoms with Crippen molar-refractivity contribution in [3.05, 3.63) is 42.2 Å². The number of benzene rings is 1. The number of aromatic nitrogens is 2. The van der Waals surface area contributed by atoms with E-state index in [0.29, 0.717) is 0 Å². The van der Waals surface area contributed by atoms with Gasteiger partial charge in [0, 0.05) is 29.9 Å². The quantitative estimate of drug-likeness (QED) is 0.643. The average Bonchev–Trinajstić information content (AvgIpc) is 2.91. The molecule has 128 valence electrons. The Labute approximate surface area is 144 Å². The van der Waals surface area contributed by atoms with Gasteiger partial charge in [-0.05, 0) is 44.7 Å². The fourth-order valence-corrected chi connectivity index (χ4v) is 3.38. The van der Waals surface area contributed by atoms with Gasteiger partial charge in [0.05, 0.1) is 17.4 Å². The zero-order valence-corrected chi connectivity index (χ0v) is 15.0. The minimum Gasteiger partial charge on any atom is -0.342 e. The number of aryl methyl sites for hydroxylation is 1. The van der Waals surface area contributed by atoms with Gasteiger partial charge in [-0.2, -0.15) is 0 Å². The molecule has 3 rings (SSSR count). The minimum atomic E-state index is 0.831. The number of hydrogen-bond acceptors (Lipinski definition) is 3. The van der Waals surface area contributed by atoms with Gasteiger partial charge in [0.2, 0.25) is 0 Å². The predicted octanol–water partition coefficient (Wildman–Crippen LogP) is 3.55. The summed E-state index contributed by atoms with van der Waals surface area (Å²) in [4.78, 5) is 7.09. The van der Waals surface area contributed by atoms with Crippen LogP contribution in [0.4, 0.5) is 0 Å². The van der Waals surface area contributed by atoms with E-state index in [2.05, 4.69) is 71.0 Å². The lowest BCUT2D eigenvalue weighted by molar-refractivity contribution is 0.298. The molecular weight excluding hydrogens is 296 g/mol. The van der Waals surface area contributed by atoms with Gasteiger partial charge in [-0.3, -0.25) is 4.98 Å². The van der Waals surface area contributed by atoms with E-state index in [9.17, 15) is 0 Å². The van der Waals surface area contributed by atoms with Crippen LogP contribution in [0.25, 0.3) is 21.8 Å². The van der Waals surface area contributed by atoms with Gasteiger partial charge in [-0.1, -0.05) is 32.0 Å². The summed E-state index contributed by atoms with van der Waals surface area (Å²) in [5, 5.41) is 6.13. The number of nitrogens with one attached hydrogen (secondary N) is 1. The molecule has 0 unspecified atom stereocenters. The Hall–Kier alpha value is -1.91. The van der Waals surface area contributed by atoms with Crippen LogP contribution >= 0.6 is 0 Å². The van der Waals surface area contributed by atoms with Gasteiger partial charge < -0.3 is 14.8 Å². The van der Waals surface area contributed by atoms with Crippen LogP contribution in [0.3, 0.4) is 0 Å². The van der Waals surface area contributed by atoms with Crippen LogP contribution in [0, 0.1) is 0 Å². The molecular formula is C20H28N4. The fraction of sp³-hybridized carbons (Fsp3) is 0.450. The van der Waals surface area contributed by atoms with Crippen LogP contribution in [0.2, 0.25) is 0 Å². The molecule has 4 heteroatoms. The maximum Gasteiger partial charge on any atom is 0.0675 e. The number of nitrogens with zero attached hydrogens (tertiary/aromatic N) is 3. The van der Waals surface area contributed by atoms with E-state index in [1.54, 1.807) is 0 Å². The summed E-state index contributed by atoms with van der Waals surface area (Å²) >= 11 is 0. The Morgan fingerprint density at radius 1 is 1.08 bits per heavy atom. The summed E-state index contributed by atoms with van der Waals surface area (Å²) in [5.74, 6) is 0. The normalized spacial score (nSPS) is 11.8. The molecule has 3 aromatic rings. The van der Waals surface area contributed by atoms with Crippen molar-refractivity contribution in [3.63, 3.8) is 0 Å². The molecule has 0 amide bonds. The van der Waals surface area contributed by atoms with Crippen molar-refractivity contribution < 1.29 is 0 Å². The summed E-state index contributed by atoms with van der Waals surface area (Å²) in [7, 11) is 2.11. The highest BCUT2D eigenvalue weighted by Gasteiger charge is 2.08. The molecule has 0 radical (unpaired) electrons. The van der Waals surface area contributed by atoms with Crippen molar-refractivity contribution in [2.24, 2.45) is 7.05 Å². The second-order valence-corrected chi connectivity index (χ2v) is 6.33. The van der Waals surface area contributed by atoms with E-state index in [1.807, 2.05) is 6.20 Å². The summed E-state index contributed by atoms with van der Waals surface area (Å²) < 4.78 is 2.22. The largest absolute Gasteiger partial charge is 0.342 e. The molecule has 2 heterocycles. The van der Waals surface area contributed by atoms with Crippen LogP contribution in [0.5, 0.6) is 0 Å². The number of pyridine rings is 1. The molecule has 0 saturated heterocycles. The van der Waals surface area contributed by atoms with Crippen LogP contribution in [-0.4, -0.2) is 40.6 Å². The Bertz CT molecular complexity index is 802. The van der Waals surface area contributed by atoms with Crippen molar-refractivity contribution in [2.45, 2.75) is 26.8 Å². The Balaban J connectivity index is 1.65. The van der Waals surface area contributed by atoms with Gasteiger partial charge in [0.1, 0.15) is 0 Å². The molecule has 0 bridgehead atoms. The van der Waals surface area contributed by atoms with Crippen LogP contribution in [0.1, 0.15) is 26.0 Å². The van der Waals surface area contributed by atoms with Crippen molar-refractivity contribution in [1.29, 1.82) is 0 Å². The first-order valence-corrected chi connectivity index (χ1v) is 8.99. The Morgan fingerprint density at radius 3 is 2.67 bits per heavy atom. The van der Waals surface area contributed by atoms with Gasteiger partial charge in [-0.25, -0.2) is 0 Å². The van der Waals surface area contributed by atoms with E-state index >= 15 is 0 Å². The maximum absolute atomic E-state index is 4.63. The summed E-state index contributed by atoms with van der Waals surface area (Å²) in [6.07, 6.45) is 3.18. The molecule has 0 spiro atoms. The average molecular weight is 324 g/mol. The third-order valence-electron chi connectivity index (χ3n) is 4.88. The number of para-hydroxylation sites is 1. The van der Waals surface area contributed by atoms with Crippen molar-refractivity contribution in [3.8, 4) is 0 Å². The van der Waals surface area contributed by atoms with E-state index in [-0.39, 0.29) is 0 Å². The van der Waals surface area contributed by atoms with Gasteiger partial charge >= 0.3 is 0 Å². The van der Waals surface area contributed by atoms with Gasteiger partial charge in [0.25, 0.3) is 0 Å². The first kappa shape index (κ1) is 16.9. The zero-order chi connectivity index (χ0) is 16.9. The molecule has 0 aliphatic carbocycles. The molecule has 0 aliphatic heterocycles. The molecule has 24 heavy (non-hydrogen) atoms. The highest BCUT2D eigenvalue weighted by atomic mass is 15.1. The van der Waals surface area contributed by atoms with Crippen molar-refractivity contribution in [2.75, 3.05) is 26.2 Å². The number of hydrogen-bond donors (Lipinski definition) is 1. The SMILES string of the molecule is CCN(CC)CCCNCc1cc2c3ccccc3n(C)c2cn1. The Kier molecular flexibility index (Phi) is 5.48. The first-order valence-electron chi connectivity index (χ1n) is 8.99. The third kappa shape index (κ3) is 3.45. The predicted molar refractivity (Wildman–Crippen MR) is 102 cm³/mol. The second-order valence-electron chi connectivity index (χ2n) is 6.33. The molecule has 1 N–H and O–H groups in total. The molecule has 0 fully saturated rings. The summed E-state index contributed by atoms with van der Waals surface area (Å²) in [5.41, 5.74) is 3.57. The van der Waals surface area contributed by atoms with E-state index in [4.69, 9.17) is 0 Å². The Morgan fingerprint density at radius 2 is 1.88 bits per heavy atom. The van der Waals surface area contributed by atoms with Crippen LogP contribution < -0.4 is 5.32 Å². The highest BCUT2D eigenvalue weighted by Crippen LogP contribution is 2.27. The lowest BCUT2D eigenvalue weighted by atomic mass is 10.1. The van der Waals surface area contributed by atoms with E-state index in [0.717, 1.165) is 38.4 Å². The summed E-state index contributed by atoms with van der Waals surface area (Å²) in [6.45, 7) is 9.74. The number of fused-ring (bicyclic) bond motifs is 3. The maximum atomic E-state index is 4.63. The molecule has 1 aromatic carbocycles. The highest BCUT2D eigenvalue weighted by molar-refractivity contribution is 6.07. The van der Waals surface area contributed by atoms with Crippen LogP contribution in [-0.2, 0) is 13.6 Å².